The molecule has 6 N–H and O–H groups in total. The number of nitrogens with zero attached hydrogens (tertiary/aromatic N) is 3. The third kappa shape index (κ3) is 5.10. The molecule has 3 unspecified atom stereocenters. The van der Waals surface area contributed by atoms with Crippen molar-refractivity contribution in [3.05, 3.63) is 59.9 Å². The van der Waals surface area contributed by atoms with Crippen molar-refractivity contribution in [2.24, 2.45) is 50.2 Å². The van der Waals surface area contributed by atoms with Crippen molar-refractivity contribution in [1.82, 2.24) is 15.0 Å². The topological polar surface area (TPSA) is 161 Å². The van der Waals surface area contributed by atoms with Gasteiger partial charge < -0.3 is 35.4 Å². The SMILES string of the molecule is C=C(O)c1ccc(-n2cc(COC[C@@]34C(CC(C)(C)[C@@H](O)[C@@H]3O)C3=CCC5[C@@]6(C)CC[C@H](O)[C@](C)(CO)C6CC[C@@]5(C)[C@]3(C)C[C@H]4O)nn2)cc1. The number of benzene rings is 1. The van der Waals surface area contributed by atoms with E-state index in [1.54, 1.807) is 23.0 Å². The number of rotatable bonds is 7. The monoisotopic (exact) mass is 705 g/mol. The summed E-state index contributed by atoms with van der Waals surface area (Å²) in [6.07, 6.45) is 5.83. The first kappa shape index (κ1) is 36.7. The van der Waals surface area contributed by atoms with Gasteiger partial charge in [0, 0.05) is 11.0 Å². The Balaban J connectivity index is 1.20. The van der Waals surface area contributed by atoms with Crippen LogP contribution in [0.4, 0.5) is 0 Å². The van der Waals surface area contributed by atoms with Crippen LogP contribution in [0.2, 0.25) is 0 Å². The second kappa shape index (κ2) is 12.2. The number of allylic oxidation sites excluding steroid dienone is 2. The molecule has 5 aliphatic carbocycles. The van der Waals surface area contributed by atoms with Gasteiger partial charge in [0.05, 0.1) is 61.5 Å². The molecule has 12 atom stereocenters. The van der Waals surface area contributed by atoms with Gasteiger partial charge in [-0.2, -0.15) is 0 Å². The number of aromatic nitrogens is 3. The predicted molar refractivity (Wildman–Crippen MR) is 193 cm³/mol. The van der Waals surface area contributed by atoms with Crippen LogP contribution in [-0.4, -0.2) is 83.3 Å². The van der Waals surface area contributed by atoms with Crippen molar-refractivity contribution in [2.45, 2.75) is 118 Å². The minimum Gasteiger partial charge on any atom is -0.508 e. The molecule has 51 heavy (non-hydrogen) atoms. The van der Waals surface area contributed by atoms with Crippen molar-refractivity contribution >= 4 is 5.76 Å². The van der Waals surface area contributed by atoms with Gasteiger partial charge >= 0.3 is 0 Å². The smallest absolute Gasteiger partial charge is 0.115 e. The number of fused-ring (bicyclic) bond motifs is 7. The molecule has 1 aromatic heterocycles. The minimum absolute atomic E-state index is 0.00865. The Morgan fingerprint density at radius 1 is 0.922 bits per heavy atom. The maximum Gasteiger partial charge on any atom is 0.115 e. The number of aliphatic hydroxyl groups is 6. The van der Waals surface area contributed by atoms with Gasteiger partial charge in [-0.15, -0.1) is 5.10 Å². The van der Waals surface area contributed by atoms with Crippen LogP contribution in [0.25, 0.3) is 11.4 Å². The molecule has 0 radical (unpaired) electrons. The second-order valence-electron chi connectivity index (χ2n) is 18.6. The molecule has 1 aromatic carbocycles. The minimum atomic E-state index is -1.20. The van der Waals surface area contributed by atoms with Crippen LogP contribution >= 0.6 is 0 Å². The zero-order chi connectivity index (χ0) is 36.9. The summed E-state index contributed by atoms with van der Waals surface area (Å²) in [5.41, 5.74) is 0.405. The van der Waals surface area contributed by atoms with Crippen molar-refractivity contribution in [1.29, 1.82) is 0 Å². The summed E-state index contributed by atoms with van der Waals surface area (Å²) >= 11 is 0. The van der Waals surface area contributed by atoms with E-state index >= 15 is 0 Å². The van der Waals surface area contributed by atoms with Crippen LogP contribution in [0.3, 0.4) is 0 Å². The van der Waals surface area contributed by atoms with Crippen LogP contribution in [-0.2, 0) is 11.3 Å². The Hall–Kier alpha value is -2.60. The zero-order valence-corrected chi connectivity index (χ0v) is 31.2. The number of ether oxygens (including phenoxy) is 1. The van der Waals surface area contributed by atoms with E-state index in [4.69, 9.17) is 4.74 Å². The van der Waals surface area contributed by atoms with E-state index in [1.165, 1.54) is 5.57 Å². The Morgan fingerprint density at radius 2 is 1.63 bits per heavy atom. The largest absolute Gasteiger partial charge is 0.508 e. The maximum absolute atomic E-state index is 12.5. The standard InChI is InChI=1S/C41H59N3O7/c1-24(46)25-8-10-27(11-9-25)44-20-26(42-43-44)21-51-23-41-29(18-36(2,3)34(49)35(41)50)28-12-13-31-37(4)16-15-32(47)38(5,22-45)30(37)14-17-39(31,6)40(28,7)19-33(41)48/h8-12,20,29-35,45-50H,1,13-19,21-23H2,2-7H3/t29?,30?,31?,32-,33+,34-,35-,37-,38+,39+,40+,41-/m0/s1. The summed E-state index contributed by atoms with van der Waals surface area (Å²) in [6, 6.07) is 7.14. The Kier molecular flexibility index (Phi) is 8.80. The van der Waals surface area contributed by atoms with E-state index in [9.17, 15) is 30.6 Å². The highest BCUT2D eigenvalue weighted by Crippen LogP contribution is 2.75. The molecule has 7 rings (SSSR count). The molecule has 5 aliphatic rings. The molecule has 10 nitrogen and oxygen atoms in total. The highest BCUT2D eigenvalue weighted by atomic mass is 16.5. The molecule has 10 heteroatoms. The summed E-state index contributed by atoms with van der Waals surface area (Å²) in [7, 11) is 0. The van der Waals surface area contributed by atoms with Gasteiger partial charge in [-0.3, -0.25) is 0 Å². The fourth-order valence-electron chi connectivity index (χ4n) is 12.5. The van der Waals surface area contributed by atoms with Gasteiger partial charge in [0.25, 0.3) is 0 Å². The molecule has 0 bridgehead atoms. The molecule has 1 heterocycles. The van der Waals surface area contributed by atoms with Crippen molar-refractivity contribution in [3.8, 4) is 5.69 Å². The summed E-state index contributed by atoms with van der Waals surface area (Å²) in [6.45, 7) is 16.9. The lowest BCUT2D eigenvalue weighted by atomic mass is 9.33. The van der Waals surface area contributed by atoms with E-state index in [2.05, 4.69) is 50.7 Å². The first-order valence-corrected chi connectivity index (χ1v) is 18.9. The van der Waals surface area contributed by atoms with Gasteiger partial charge in [0.2, 0.25) is 0 Å². The molecule has 0 aliphatic heterocycles. The maximum atomic E-state index is 12.5. The van der Waals surface area contributed by atoms with E-state index < -0.39 is 40.7 Å². The number of hydrogen-bond donors (Lipinski definition) is 6. The third-order valence-electron chi connectivity index (χ3n) is 15.9. The van der Waals surface area contributed by atoms with Crippen LogP contribution in [0, 0.1) is 50.2 Å². The van der Waals surface area contributed by atoms with E-state index in [1.807, 2.05) is 26.0 Å². The third-order valence-corrected chi connectivity index (χ3v) is 15.9. The summed E-state index contributed by atoms with van der Waals surface area (Å²) < 4.78 is 8.01. The summed E-state index contributed by atoms with van der Waals surface area (Å²) in [5, 5.41) is 76.1. The molecular formula is C41H59N3O7. The van der Waals surface area contributed by atoms with Gasteiger partial charge in [-0.05, 0) is 109 Å². The average molecular weight is 706 g/mol. The molecule has 0 amide bonds. The number of hydrogen-bond acceptors (Lipinski definition) is 9. The van der Waals surface area contributed by atoms with Crippen LogP contribution in [0.1, 0.15) is 97.7 Å². The van der Waals surface area contributed by atoms with Gasteiger partial charge in [0.1, 0.15) is 11.5 Å². The predicted octanol–water partition coefficient (Wildman–Crippen LogP) is 5.36. The van der Waals surface area contributed by atoms with Crippen molar-refractivity contribution in [2.75, 3.05) is 13.2 Å². The van der Waals surface area contributed by atoms with Gasteiger partial charge in [0.15, 0.2) is 0 Å². The molecule has 4 fully saturated rings. The highest BCUT2D eigenvalue weighted by Gasteiger charge is 2.72. The Morgan fingerprint density at radius 3 is 2.29 bits per heavy atom. The zero-order valence-electron chi connectivity index (χ0n) is 31.2. The van der Waals surface area contributed by atoms with Gasteiger partial charge in [-0.25, -0.2) is 4.68 Å². The molecule has 0 saturated heterocycles. The van der Waals surface area contributed by atoms with E-state index in [0.29, 0.717) is 36.4 Å². The Bertz CT molecular complexity index is 1690. The first-order chi connectivity index (χ1) is 23.9. The molecule has 2 aromatic rings. The summed E-state index contributed by atoms with van der Waals surface area (Å²) in [5.74, 6) is 0.278. The molecule has 280 valence electrons. The Labute approximate surface area is 302 Å². The first-order valence-electron chi connectivity index (χ1n) is 18.9. The van der Waals surface area contributed by atoms with Crippen molar-refractivity contribution in [3.63, 3.8) is 0 Å². The molecule has 0 spiro atoms. The van der Waals surface area contributed by atoms with Gasteiger partial charge in [-0.1, -0.05) is 65.0 Å². The fourth-order valence-corrected chi connectivity index (χ4v) is 12.5. The second-order valence-corrected chi connectivity index (χ2v) is 18.6. The quantitative estimate of drug-likeness (QED) is 0.165. The lowest BCUT2D eigenvalue weighted by molar-refractivity contribution is -0.263. The summed E-state index contributed by atoms with van der Waals surface area (Å²) in [4.78, 5) is 0. The van der Waals surface area contributed by atoms with Crippen LogP contribution < -0.4 is 0 Å². The fraction of sp³-hybridized carbons (Fsp3) is 0.707. The number of aliphatic hydroxyl groups excluding tert-OH is 6. The van der Waals surface area contributed by atoms with Crippen molar-refractivity contribution < 1.29 is 35.4 Å². The van der Waals surface area contributed by atoms with E-state index in [-0.39, 0.29) is 53.7 Å². The average Bonchev–Trinajstić information content (AvgIpc) is 3.56. The van der Waals surface area contributed by atoms with Crippen LogP contribution in [0.5, 0.6) is 0 Å². The lowest BCUT2D eigenvalue weighted by Crippen LogP contribution is -2.71. The molecule has 4 saturated carbocycles. The molecular weight excluding hydrogens is 646 g/mol. The van der Waals surface area contributed by atoms with E-state index in [0.717, 1.165) is 31.4 Å². The highest BCUT2D eigenvalue weighted by molar-refractivity contribution is 5.57. The normalized spacial score (nSPS) is 44.4. The lowest BCUT2D eigenvalue weighted by Gasteiger charge is -2.72. The van der Waals surface area contributed by atoms with Crippen LogP contribution in [0.15, 0.2) is 48.7 Å².